The largest absolute Gasteiger partial charge is 0.481 e. The maximum atomic E-state index is 9.00. The second kappa shape index (κ2) is 4.76. The molecular weight excluding hydrogens is 122 g/mol. The molecule has 1 aromatic rings. The third-order valence-corrected chi connectivity index (χ3v) is 0.331. The van der Waals surface area contributed by atoms with E-state index in [2.05, 4.69) is 15.4 Å². The number of aromatic amines is 1. The number of hydrogen-bond donors (Lipinski definition) is 2. The maximum Gasteiger partial charge on any atom is 0.300 e. The Morgan fingerprint density at radius 3 is 2.00 bits per heavy atom. The van der Waals surface area contributed by atoms with Gasteiger partial charge in [0.25, 0.3) is 5.97 Å². The molecule has 0 aliphatic rings. The Hall–Kier alpha value is -1.39. The smallest absolute Gasteiger partial charge is 0.300 e. The van der Waals surface area contributed by atoms with Gasteiger partial charge in [0.15, 0.2) is 0 Å². The van der Waals surface area contributed by atoms with Crippen LogP contribution in [-0.2, 0) is 4.79 Å². The van der Waals surface area contributed by atoms with Gasteiger partial charge in [0.2, 0.25) is 0 Å². The van der Waals surface area contributed by atoms with Crippen LogP contribution in [0.3, 0.4) is 0 Å². The second-order valence-corrected chi connectivity index (χ2v) is 1.18. The molecule has 0 saturated heterocycles. The molecule has 0 bridgehead atoms. The first kappa shape index (κ1) is 7.61. The first-order chi connectivity index (χ1) is 4.23. The van der Waals surface area contributed by atoms with Gasteiger partial charge in [0, 0.05) is 6.92 Å². The number of H-pyrrole nitrogens is 1. The molecule has 50 valence electrons. The topological polar surface area (TPSA) is 78.9 Å². The first-order valence-electron chi connectivity index (χ1n) is 2.22. The van der Waals surface area contributed by atoms with Crippen molar-refractivity contribution >= 4 is 5.97 Å². The van der Waals surface area contributed by atoms with E-state index in [1.54, 1.807) is 12.4 Å². The average molecular weight is 129 g/mol. The van der Waals surface area contributed by atoms with Gasteiger partial charge < -0.3 is 5.11 Å². The quantitative estimate of drug-likeness (QED) is 0.512. The Morgan fingerprint density at radius 1 is 1.56 bits per heavy atom. The molecule has 0 aromatic carbocycles. The molecule has 5 heteroatoms. The van der Waals surface area contributed by atoms with Gasteiger partial charge in [-0.1, -0.05) is 0 Å². The van der Waals surface area contributed by atoms with Crippen molar-refractivity contribution in [1.82, 2.24) is 15.4 Å². The Kier molecular flexibility index (Phi) is 4.03. The predicted octanol–water partition coefficient (Wildman–Crippen LogP) is -0.104. The van der Waals surface area contributed by atoms with Crippen molar-refractivity contribution < 1.29 is 9.90 Å². The van der Waals surface area contributed by atoms with Crippen LogP contribution in [0.15, 0.2) is 12.4 Å². The lowest BCUT2D eigenvalue weighted by Crippen LogP contribution is -1.78. The summed E-state index contributed by atoms with van der Waals surface area (Å²) in [6.45, 7) is 1.08. The summed E-state index contributed by atoms with van der Waals surface area (Å²) >= 11 is 0. The maximum absolute atomic E-state index is 9.00. The fourth-order valence-corrected chi connectivity index (χ4v) is 0.167. The highest BCUT2D eigenvalue weighted by Crippen LogP contribution is 1.55. The number of carboxylic acids is 1. The molecule has 1 aromatic heterocycles. The van der Waals surface area contributed by atoms with Crippen LogP contribution in [0.25, 0.3) is 0 Å². The first-order valence-corrected chi connectivity index (χ1v) is 2.22. The Morgan fingerprint density at radius 2 is 1.89 bits per heavy atom. The average Bonchev–Trinajstić information content (AvgIpc) is 2.11. The molecule has 0 spiro atoms. The molecule has 0 amide bonds. The van der Waals surface area contributed by atoms with Crippen molar-refractivity contribution in [3.63, 3.8) is 0 Å². The monoisotopic (exact) mass is 129 g/mol. The Bertz CT molecular complexity index is 128. The van der Waals surface area contributed by atoms with Crippen molar-refractivity contribution in [3.05, 3.63) is 12.4 Å². The highest BCUT2D eigenvalue weighted by Gasteiger charge is 1.65. The predicted molar refractivity (Wildman–Crippen MR) is 29.7 cm³/mol. The van der Waals surface area contributed by atoms with Gasteiger partial charge in [-0.15, -0.1) is 0 Å². The van der Waals surface area contributed by atoms with Gasteiger partial charge in [0.1, 0.15) is 0 Å². The highest BCUT2D eigenvalue weighted by molar-refractivity contribution is 5.62. The number of aliphatic carboxylic acids is 1. The summed E-state index contributed by atoms with van der Waals surface area (Å²) in [4.78, 5) is 9.00. The van der Waals surface area contributed by atoms with E-state index in [0.29, 0.717) is 0 Å². The summed E-state index contributed by atoms with van der Waals surface area (Å²) in [7, 11) is 0. The molecule has 0 fully saturated rings. The van der Waals surface area contributed by atoms with Gasteiger partial charge in [-0.05, 0) is 0 Å². The number of aromatic nitrogens is 3. The SMILES string of the molecule is CC(=O)O.c1cn[nH]n1. The lowest BCUT2D eigenvalue weighted by atomic mass is 10.9. The molecule has 1 rings (SSSR count). The molecule has 0 aliphatic heterocycles. The number of nitrogens with zero attached hydrogens (tertiary/aromatic N) is 2. The third-order valence-electron chi connectivity index (χ3n) is 0.331. The second-order valence-electron chi connectivity index (χ2n) is 1.18. The van der Waals surface area contributed by atoms with E-state index in [4.69, 9.17) is 9.90 Å². The van der Waals surface area contributed by atoms with Crippen LogP contribution in [-0.4, -0.2) is 26.5 Å². The fourth-order valence-electron chi connectivity index (χ4n) is 0.167. The summed E-state index contributed by atoms with van der Waals surface area (Å²) in [5.74, 6) is -0.833. The summed E-state index contributed by atoms with van der Waals surface area (Å²) in [6, 6.07) is 0. The van der Waals surface area contributed by atoms with Gasteiger partial charge >= 0.3 is 0 Å². The van der Waals surface area contributed by atoms with Gasteiger partial charge in [-0.2, -0.15) is 15.4 Å². The number of hydrogen-bond acceptors (Lipinski definition) is 3. The zero-order chi connectivity index (χ0) is 7.11. The molecule has 0 saturated carbocycles. The minimum absolute atomic E-state index is 0.833. The zero-order valence-electron chi connectivity index (χ0n) is 4.90. The molecule has 0 radical (unpaired) electrons. The van der Waals surface area contributed by atoms with Crippen LogP contribution in [0.2, 0.25) is 0 Å². The minimum Gasteiger partial charge on any atom is -0.481 e. The van der Waals surface area contributed by atoms with E-state index in [1.807, 2.05) is 0 Å². The van der Waals surface area contributed by atoms with Crippen LogP contribution in [0.1, 0.15) is 6.92 Å². The molecule has 9 heavy (non-hydrogen) atoms. The molecule has 1 heterocycles. The van der Waals surface area contributed by atoms with E-state index < -0.39 is 5.97 Å². The van der Waals surface area contributed by atoms with E-state index in [0.717, 1.165) is 6.92 Å². The highest BCUT2D eigenvalue weighted by atomic mass is 16.4. The van der Waals surface area contributed by atoms with Crippen LogP contribution in [0.5, 0.6) is 0 Å². The van der Waals surface area contributed by atoms with Crippen molar-refractivity contribution in [2.24, 2.45) is 0 Å². The van der Waals surface area contributed by atoms with Crippen molar-refractivity contribution in [2.45, 2.75) is 6.92 Å². The number of carbonyl (C=O) groups is 1. The normalized spacial score (nSPS) is 7.22. The number of carboxylic acid groups (broad SMARTS) is 1. The lowest BCUT2D eigenvalue weighted by molar-refractivity contribution is -0.134. The zero-order valence-corrected chi connectivity index (χ0v) is 4.90. The molecule has 0 atom stereocenters. The summed E-state index contributed by atoms with van der Waals surface area (Å²) < 4.78 is 0. The van der Waals surface area contributed by atoms with E-state index in [9.17, 15) is 0 Å². The molecule has 0 unspecified atom stereocenters. The van der Waals surface area contributed by atoms with Gasteiger partial charge in [-0.3, -0.25) is 4.79 Å². The van der Waals surface area contributed by atoms with Crippen molar-refractivity contribution in [3.8, 4) is 0 Å². The Balaban J connectivity index is 0.000000148. The molecule has 5 nitrogen and oxygen atoms in total. The fraction of sp³-hybridized carbons (Fsp3) is 0.250. The van der Waals surface area contributed by atoms with E-state index >= 15 is 0 Å². The molecular formula is C4H7N3O2. The number of rotatable bonds is 0. The summed E-state index contributed by atoms with van der Waals surface area (Å²) in [6.07, 6.45) is 3.17. The third kappa shape index (κ3) is 10.8. The van der Waals surface area contributed by atoms with E-state index in [-0.39, 0.29) is 0 Å². The number of nitrogens with one attached hydrogen (secondary N) is 1. The standard InChI is InChI=1S/C2H3N3.C2H4O2/c1-2-4-5-3-1;1-2(3)4/h1-2H,(H,3,4,5);1H3,(H,3,4). The van der Waals surface area contributed by atoms with Crippen LogP contribution >= 0.6 is 0 Å². The molecule has 2 N–H and O–H groups in total. The van der Waals surface area contributed by atoms with Crippen molar-refractivity contribution in [2.75, 3.05) is 0 Å². The van der Waals surface area contributed by atoms with Crippen LogP contribution in [0, 0.1) is 0 Å². The Labute approximate surface area is 51.7 Å². The minimum atomic E-state index is -0.833. The summed E-state index contributed by atoms with van der Waals surface area (Å²) in [5.41, 5.74) is 0. The van der Waals surface area contributed by atoms with Crippen LogP contribution < -0.4 is 0 Å². The summed E-state index contributed by atoms with van der Waals surface area (Å²) in [5, 5.41) is 16.8. The molecule has 0 aliphatic carbocycles. The van der Waals surface area contributed by atoms with Crippen molar-refractivity contribution in [1.29, 1.82) is 0 Å². The van der Waals surface area contributed by atoms with Gasteiger partial charge in [0.05, 0.1) is 12.4 Å². The van der Waals surface area contributed by atoms with Gasteiger partial charge in [-0.25, -0.2) is 0 Å². The van der Waals surface area contributed by atoms with E-state index in [1.165, 1.54) is 0 Å². The lowest BCUT2D eigenvalue weighted by Gasteiger charge is -1.59. The van der Waals surface area contributed by atoms with Crippen LogP contribution in [0.4, 0.5) is 0 Å².